The van der Waals surface area contributed by atoms with E-state index in [1.807, 2.05) is 5.32 Å². The van der Waals surface area contributed by atoms with Gasteiger partial charge >= 0.3 is 11.9 Å². The smallest absolute Gasteiger partial charge is 0.326 e. The van der Waals surface area contributed by atoms with Gasteiger partial charge in [0.2, 0.25) is 5.91 Å². The Balaban J connectivity index is -0.000000720. The molecule has 74 valence electrons. The molecule has 6 nitrogen and oxygen atoms in total. The first kappa shape index (κ1) is 20.5. The van der Waals surface area contributed by atoms with Gasteiger partial charge in [-0.05, 0) is 6.08 Å². The third-order valence-electron chi connectivity index (χ3n) is 1.18. The molecule has 0 aliphatic heterocycles. The Morgan fingerprint density at radius 2 is 1.73 bits per heavy atom. The third kappa shape index (κ3) is 10.4. The maximum absolute atomic E-state index is 10.6. The minimum absolute atomic E-state index is 0. The Morgan fingerprint density at radius 3 is 2.00 bits per heavy atom. The van der Waals surface area contributed by atoms with Gasteiger partial charge in [0, 0.05) is 59.1 Å². The average Bonchev–Trinajstić information content (AvgIpc) is 2.02. The normalized spacial score (nSPS) is 9.87. The molecule has 0 aromatic heterocycles. The Labute approximate surface area is 131 Å². The monoisotopic (exact) mass is 233 g/mol. The molecule has 0 heterocycles. The van der Waals surface area contributed by atoms with Crippen LogP contribution in [-0.2, 0) is 14.4 Å². The summed E-state index contributed by atoms with van der Waals surface area (Å²) in [4.78, 5) is 31.1. The fourth-order valence-electron chi connectivity index (χ4n) is 0.605. The summed E-state index contributed by atoms with van der Waals surface area (Å²) in [5.74, 6) is -3.40. The summed E-state index contributed by atoms with van der Waals surface area (Å²) in [6.45, 7) is 3.10. The second kappa shape index (κ2) is 10.7. The summed E-state index contributed by atoms with van der Waals surface area (Å²) in [5, 5.41) is 18.7. The molecule has 0 saturated heterocycles. The molecular formula is C7H9NNa2O5. The Hall–Kier alpha value is 0.150. The third-order valence-corrected chi connectivity index (χ3v) is 1.18. The average molecular weight is 233 g/mol. The SMILES string of the molecule is C=CC(=O)N[C@@H](CC(=O)O)C(=O)O.[Na].[Na]. The molecule has 0 rings (SSSR count). The van der Waals surface area contributed by atoms with Crippen molar-refractivity contribution in [3.63, 3.8) is 0 Å². The van der Waals surface area contributed by atoms with Crippen molar-refractivity contribution in [3.05, 3.63) is 12.7 Å². The van der Waals surface area contributed by atoms with Crippen molar-refractivity contribution in [2.24, 2.45) is 0 Å². The molecule has 2 radical (unpaired) electrons. The van der Waals surface area contributed by atoms with Crippen LogP contribution in [0.3, 0.4) is 0 Å². The maximum Gasteiger partial charge on any atom is 0.326 e. The fourth-order valence-corrected chi connectivity index (χ4v) is 0.605. The number of aliphatic carboxylic acids is 2. The zero-order chi connectivity index (χ0) is 10.4. The zero-order valence-electron chi connectivity index (χ0n) is 8.69. The molecule has 0 bridgehead atoms. The van der Waals surface area contributed by atoms with E-state index < -0.39 is 30.3 Å². The first-order valence-electron chi connectivity index (χ1n) is 3.35. The Bertz CT molecular complexity index is 256. The van der Waals surface area contributed by atoms with E-state index in [1.165, 1.54) is 0 Å². The number of amides is 1. The van der Waals surface area contributed by atoms with Crippen LogP contribution in [0.15, 0.2) is 12.7 Å². The molecule has 8 heteroatoms. The van der Waals surface area contributed by atoms with Gasteiger partial charge in [-0.15, -0.1) is 0 Å². The van der Waals surface area contributed by atoms with Crippen LogP contribution in [-0.4, -0.2) is 93.2 Å². The summed E-state index contributed by atoms with van der Waals surface area (Å²) in [7, 11) is 0. The predicted molar refractivity (Wildman–Crippen MR) is 53.5 cm³/mol. The van der Waals surface area contributed by atoms with Gasteiger partial charge in [0.05, 0.1) is 6.42 Å². The molecule has 1 atom stereocenters. The second-order valence-corrected chi connectivity index (χ2v) is 2.20. The van der Waals surface area contributed by atoms with E-state index in [0.717, 1.165) is 6.08 Å². The molecule has 0 saturated carbocycles. The molecule has 0 aliphatic carbocycles. The summed E-state index contributed by atoms with van der Waals surface area (Å²) < 4.78 is 0. The number of rotatable bonds is 5. The van der Waals surface area contributed by atoms with Crippen LogP contribution in [0.5, 0.6) is 0 Å². The molecule has 0 aromatic carbocycles. The van der Waals surface area contributed by atoms with Gasteiger partial charge in [0.25, 0.3) is 0 Å². The second-order valence-electron chi connectivity index (χ2n) is 2.20. The number of hydrogen-bond donors (Lipinski definition) is 3. The van der Waals surface area contributed by atoms with Crippen molar-refractivity contribution in [3.8, 4) is 0 Å². The Kier molecular flexibility index (Phi) is 14.6. The summed E-state index contributed by atoms with van der Waals surface area (Å²) in [5.41, 5.74) is 0. The number of carbonyl (C=O) groups is 3. The number of carboxylic acids is 2. The van der Waals surface area contributed by atoms with Crippen molar-refractivity contribution in [1.82, 2.24) is 5.32 Å². The van der Waals surface area contributed by atoms with Crippen LogP contribution in [0.1, 0.15) is 6.42 Å². The molecule has 0 aliphatic rings. The summed E-state index contributed by atoms with van der Waals surface area (Å²) in [6, 6.07) is -1.41. The van der Waals surface area contributed by atoms with E-state index >= 15 is 0 Å². The number of carboxylic acid groups (broad SMARTS) is 2. The van der Waals surface area contributed by atoms with E-state index in [4.69, 9.17) is 10.2 Å². The first-order chi connectivity index (χ1) is 5.97. The van der Waals surface area contributed by atoms with E-state index in [1.54, 1.807) is 0 Å². The number of nitrogens with one attached hydrogen (secondary N) is 1. The van der Waals surface area contributed by atoms with Crippen LogP contribution in [0.2, 0.25) is 0 Å². The van der Waals surface area contributed by atoms with E-state index in [-0.39, 0.29) is 59.1 Å². The molecule has 0 unspecified atom stereocenters. The van der Waals surface area contributed by atoms with E-state index in [2.05, 4.69) is 6.58 Å². The van der Waals surface area contributed by atoms with Crippen LogP contribution in [0, 0.1) is 0 Å². The molecule has 0 aromatic rings. The first-order valence-corrected chi connectivity index (χ1v) is 3.35. The Morgan fingerprint density at radius 1 is 1.27 bits per heavy atom. The predicted octanol–water partition coefficient (Wildman–Crippen LogP) is -1.55. The maximum atomic E-state index is 10.6. The number of carbonyl (C=O) groups excluding carboxylic acids is 1. The zero-order valence-corrected chi connectivity index (χ0v) is 12.7. The molecule has 0 fully saturated rings. The molecule has 15 heavy (non-hydrogen) atoms. The largest absolute Gasteiger partial charge is 0.481 e. The van der Waals surface area contributed by atoms with Crippen LogP contribution >= 0.6 is 0 Å². The van der Waals surface area contributed by atoms with Gasteiger partial charge in [-0.1, -0.05) is 6.58 Å². The van der Waals surface area contributed by atoms with Crippen LogP contribution in [0.4, 0.5) is 0 Å². The standard InChI is InChI=1S/C7H9NO5.2Na/c1-2-5(9)8-4(7(12)13)3-6(10)11;;/h2,4H,1,3H2,(H,8,9)(H,10,11)(H,12,13);;/t4-;;/m0../s1. The quantitative estimate of drug-likeness (QED) is 0.394. The van der Waals surface area contributed by atoms with Crippen molar-refractivity contribution in [2.45, 2.75) is 12.5 Å². The van der Waals surface area contributed by atoms with Gasteiger partial charge in [0.1, 0.15) is 6.04 Å². The van der Waals surface area contributed by atoms with Gasteiger partial charge in [-0.25, -0.2) is 4.79 Å². The fraction of sp³-hybridized carbons (Fsp3) is 0.286. The molecule has 0 spiro atoms. The topological polar surface area (TPSA) is 104 Å². The van der Waals surface area contributed by atoms with E-state index in [9.17, 15) is 14.4 Å². The van der Waals surface area contributed by atoms with Crippen LogP contribution in [0.25, 0.3) is 0 Å². The van der Waals surface area contributed by atoms with Gasteiger partial charge in [0.15, 0.2) is 0 Å². The molecular weight excluding hydrogens is 224 g/mol. The van der Waals surface area contributed by atoms with Gasteiger partial charge < -0.3 is 15.5 Å². The van der Waals surface area contributed by atoms with Crippen molar-refractivity contribution >= 4 is 77.0 Å². The molecule has 1 amide bonds. The summed E-state index contributed by atoms with van der Waals surface area (Å²) >= 11 is 0. The summed E-state index contributed by atoms with van der Waals surface area (Å²) in [6.07, 6.45) is 0.215. The van der Waals surface area contributed by atoms with Gasteiger partial charge in [-0.3, -0.25) is 9.59 Å². The van der Waals surface area contributed by atoms with Crippen molar-refractivity contribution in [2.75, 3.05) is 0 Å². The molecule has 3 N–H and O–H groups in total. The van der Waals surface area contributed by atoms with Crippen molar-refractivity contribution in [1.29, 1.82) is 0 Å². The minimum atomic E-state index is -1.41. The minimum Gasteiger partial charge on any atom is -0.481 e. The van der Waals surface area contributed by atoms with Crippen LogP contribution < -0.4 is 5.32 Å². The van der Waals surface area contributed by atoms with Gasteiger partial charge in [-0.2, -0.15) is 0 Å². The number of hydrogen-bond acceptors (Lipinski definition) is 3. The van der Waals surface area contributed by atoms with E-state index in [0.29, 0.717) is 0 Å². The van der Waals surface area contributed by atoms with Crippen molar-refractivity contribution < 1.29 is 24.6 Å².